The summed E-state index contributed by atoms with van der Waals surface area (Å²) in [5.41, 5.74) is 2.16. The molecule has 1 aliphatic rings. The molecule has 1 N–H and O–H groups in total. The zero-order valence-electron chi connectivity index (χ0n) is 13.6. The lowest BCUT2D eigenvalue weighted by atomic mass is 9.86. The molecule has 0 fully saturated rings. The highest BCUT2D eigenvalue weighted by Gasteiger charge is 2.36. The first-order valence-corrected chi connectivity index (χ1v) is 7.55. The van der Waals surface area contributed by atoms with Crippen LogP contribution in [-0.4, -0.2) is 15.7 Å². The first-order valence-electron chi connectivity index (χ1n) is 7.55. The molecule has 1 aromatic carbocycles. The van der Waals surface area contributed by atoms with Crippen molar-refractivity contribution in [1.82, 2.24) is 9.78 Å². The highest BCUT2D eigenvalue weighted by Crippen LogP contribution is 2.48. The Balaban J connectivity index is 1.99. The van der Waals surface area contributed by atoms with Gasteiger partial charge in [-0.15, -0.1) is 5.10 Å². The topological polar surface area (TPSA) is 46.9 Å². The molecule has 0 saturated heterocycles. The number of rotatable bonds is 2. The Labute approximate surface area is 133 Å². The van der Waals surface area contributed by atoms with Crippen LogP contribution >= 0.6 is 0 Å². The van der Waals surface area contributed by atoms with Gasteiger partial charge in [0.2, 0.25) is 11.9 Å². The van der Waals surface area contributed by atoms with E-state index >= 15 is 0 Å². The Bertz CT molecular complexity index is 795. The van der Waals surface area contributed by atoms with Crippen LogP contribution in [0.3, 0.4) is 0 Å². The number of benzene rings is 1. The third kappa shape index (κ3) is 2.42. The van der Waals surface area contributed by atoms with E-state index in [0.29, 0.717) is 10.4 Å². The van der Waals surface area contributed by atoms with E-state index < -0.39 is 23.4 Å². The Morgan fingerprint density at radius 3 is 2.70 bits per heavy atom. The molecule has 23 heavy (non-hydrogen) atoms. The van der Waals surface area contributed by atoms with Gasteiger partial charge >= 0.3 is 0 Å². The summed E-state index contributed by atoms with van der Waals surface area (Å²) in [4.78, 5) is 12.3. The van der Waals surface area contributed by atoms with E-state index in [1.54, 1.807) is 6.07 Å². The second-order valence-corrected chi connectivity index (χ2v) is 6.79. The maximum absolute atomic E-state index is 13.8. The van der Waals surface area contributed by atoms with Crippen LogP contribution in [0.4, 0.5) is 14.5 Å². The molecule has 0 bridgehead atoms. The number of aromatic nitrogens is 2. The number of amides is 1. The molecule has 1 unspecified atom stereocenters. The van der Waals surface area contributed by atoms with Crippen molar-refractivity contribution in [1.29, 1.82) is 0 Å². The van der Waals surface area contributed by atoms with Gasteiger partial charge in [-0.25, -0.2) is 4.68 Å². The molecular weight excluding hydrogens is 300 g/mol. The number of carbonyl (C=O) groups excluding carboxylic acids is 1. The van der Waals surface area contributed by atoms with Crippen LogP contribution in [0.2, 0.25) is 0 Å². The minimum Gasteiger partial charge on any atom is -0.321 e. The Morgan fingerprint density at radius 2 is 2.09 bits per heavy atom. The summed E-state index contributed by atoms with van der Waals surface area (Å²) in [7, 11) is 1.25. The standard InChI is InChI=1S/C17H19F2N3O/c1-9-8-17(2,3)10-6-5-7-11(12(9)10)20-16(23)13-14(18)21-22(4)15(13)19/h5-7,9H,8H2,1-4H3,(H,20,23). The molecule has 6 heteroatoms. The number of nitrogens with zero attached hydrogens (tertiary/aromatic N) is 2. The average Bonchev–Trinajstić information content (AvgIpc) is 2.84. The summed E-state index contributed by atoms with van der Waals surface area (Å²) < 4.78 is 28.2. The van der Waals surface area contributed by atoms with Crippen molar-refractivity contribution in [3.05, 3.63) is 46.8 Å². The van der Waals surface area contributed by atoms with Crippen LogP contribution in [0, 0.1) is 11.9 Å². The third-order valence-electron chi connectivity index (χ3n) is 4.55. The van der Waals surface area contributed by atoms with Crippen LogP contribution in [0.1, 0.15) is 54.6 Å². The fourth-order valence-corrected chi connectivity index (χ4v) is 3.62. The molecule has 1 aromatic heterocycles. The molecule has 0 spiro atoms. The van der Waals surface area contributed by atoms with Crippen LogP contribution in [0.15, 0.2) is 18.2 Å². The van der Waals surface area contributed by atoms with E-state index in [2.05, 4.69) is 31.2 Å². The van der Waals surface area contributed by atoms with Crippen molar-refractivity contribution >= 4 is 11.6 Å². The van der Waals surface area contributed by atoms with Crippen LogP contribution in [0.5, 0.6) is 0 Å². The Kier molecular flexibility index (Phi) is 3.50. The summed E-state index contributed by atoms with van der Waals surface area (Å²) in [6.07, 6.45) is 0.963. The van der Waals surface area contributed by atoms with Gasteiger partial charge in [-0.3, -0.25) is 4.79 Å². The highest BCUT2D eigenvalue weighted by atomic mass is 19.1. The minimum absolute atomic E-state index is 0.0142. The van der Waals surface area contributed by atoms with E-state index in [4.69, 9.17) is 0 Å². The smallest absolute Gasteiger partial charge is 0.265 e. The predicted octanol–water partition coefficient (Wildman–Crippen LogP) is 3.74. The Morgan fingerprint density at radius 1 is 1.39 bits per heavy atom. The summed E-state index contributed by atoms with van der Waals surface area (Å²) in [6, 6.07) is 5.66. The maximum atomic E-state index is 13.8. The molecule has 1 atom stereocenters. The lowest BCUT2D eigenvalue weighted by Gasteiger charge is -2.19. The number of anilines is 1. The third-order valence-corrected chi connectivity index (χ3v) is 4.55. The molecular formula is C17H19F2N3O. The first-order chi connectivity index (χ1) is 10.7. The van der Waals surface area contributed by atoms with E-state index in [-0.39, 0.29) is 11.3 Å². The van der Waals surface area contributed by atoms with Crippen molar-refractivity contribution in [2.75, 3.05) is 5.32 Å². The van der Waals surface area contributed by atoms with Crippen molar-refractivity contribution in [2.24, 2.45) is 7.05 Å². The zero-order chi connectivity index (χ0) is 16.9. The van der Waals surface area contributed by atoms with Crippen molar-refractivity contribution in [3.8, 4) is 0 Å². The average molecular weight is 319 g/mol. The number of hydrogen-bond acceptors (Lipinski definition) is 2. The molecule has 2 aromatic rings. The van der Waals surface area contributed by atoms with Gasteiger partial charge in [-0.2, -0.15) is 8.78 Å². The van der Waals surface area contributed by atoms with E-state index in [9.17, 15) is 13.6 Å². The molecule has 0 radical (unpaired) electrons. The van der Waals surface area contributed by atoms with E-state index in [1.807, 2.05) is 12.1 Å². The molecule has 0 saturated carbocycles. The summed E-state index contributed by atoms with van der Waals surface area (Å²) in [5.74, 6) is -2.65. The van der Waals surface area contributed by atoms with Crippen LogP contribution in [0.25, 0.3) is 0 Å². The van der Waals surface area contributed by atoms with Gasteiger partial charge in [-0.05, 0) is 34.9 Å². The highest BCUT2D eigenvalue weighted by molar-refractivity contribution is 6.05. The van der Waals surface area contributed by atoms with Gasteiger partial charge in [0.15, 0.2) is 5.56 Å². The van der Waals surface area contributed by atoms with Crippen molar-refractivity contribution in [3.63, 3.8) is 0 Å². The lowest BCUT2D eigenvalue weighted by Crippen LogP contribution is -2.17. The van der Waals surface area contributed by atoms with Crippen LogP contribution in [-0.2, 0) is 12.5 Å². The first kappa shape index (κ1) is 15.6. The van der Waals surface area contributed by atoms with Gasteiger partial charge in [0.25, 0.3) is 5.91 Å². The Hall–Kier alpha value is -2.24. The number of carbonyl (C=O) groups is 1. The van der Waals surface area contributed by atoms with Gasteiger partial charge in [0.1, 0.15) is 0 Å². The van der Waals surface area contributed by atoms with E-state index in [1.165, 1.54) is 7.05 Å². The summed E-state index contributed by atoms with van der Waals surface area (Å²) >= 11 is 0. The summed E-state index contributed by atoms with van der Waals surface area (Å²) in [5, 5.41) is 5.95. The van der Waals surface area contributed by atoms with Gasteiger partial charge < -0.3 is 5.32 Å². The molecule has 1 heterocycles. The molecule has 122 valence electrons. The van der Waals surface area contributed by atoms with Gasteiger partial charge in [0, 0.05) is 12.7 Å². The summed E-state index contributed by atoms with van der Waals surface area (Å²) in [6.45, 7) is 6.40. The molecule has 4 nitrogen and oxygen atoms in total. The normalized spacial score (nSPS) is 18.8. The number of nitrogens with one attached hydrogen (secondary N) is 1. The lowest BCUT2D eigenvalue weighted by molar-refractivity contribution is 0.101. The molecule has 0 aliphatic heterocycles. The SMILES string of the molecule is CC1CC(C)(C)c2cccc(NC(=O)c3c(F)nn(C)c3F)c21. The monoisotopic (exact) mass is 319 g/mol. The molecule has 3 rings (SSSR count). The molecule has 1 amide bonds. The number of halogens is 2. The number of aryl methyl sites for hydroxylation is 1. The predicted molar refractivity (Wildman–Crippen MR) is 83.6 cm³/mol. The van der Waals surface area contributed by atoms with E-state index in [0.717, 1.165) is 17.5 Å². The molecule has 1 aliphatic carbocycles. The number of fused-ring (bicyclic) bond motifs is 1. The number of hydrogen-bond donors (Lipinski definition) is 1. The fraction of sp³-hybridized carbons (Fsp3) is 0.412. The van der Waals surface area contributed by atoms with Crippen molar-refractivity contribution < 1.29 is 13.6 Å². The maximum Gasteiger partial charge on any atom is 0.265 e. The largest absolute Gasteiger partial charge is 0.321 e. The minimum atomic E-state index is -1.11. The van der Waals surface area contributed by atoms with Crippen molar-refractivity contribution in [2.45, 2.75) is 38.5 Å². The second kappa shape index (κ2) is 5.15. The zero-order valence-corrected chi connectivity index (χ0v) is 13.6. The van der Waals surface area contributed by atoms with Crippen LogP contribution < -0.4 is 5.32 Å². The van der Waals surface area contributed by atoms with Gasteiger partial charge in [-0.1, -0.05) is 32.9 Å². The fourth-order valence-electron chi connectivity index (χ4n) is 3.62. The quantitative estimate of drug-likeness (QED) is 0.916. The second-order valence-electron chi connectivity index (χ2n) is 6.79. The van der Waals surface area contributed by atoms with Gasteiger partial charge in [0.05, 0.1) is 0 Å².